The number of rotatable bonds is 3. The Labute approximate surface area is 99.0 Å². The van der Waals surface area contributed by atoms with E-state index in [2.05, 4.69) is 15.9 Å². The number of aliphatic hydroxyl groups excluding tert-OH is 1. The van der Waals surface area contributed by atoms with Gasteiger partial charge in [0.05, 0.1) is 6.61 Å². The van der Waals surface area contributed by atoms with E-state index in [4.69, 9.17) is 10.8 Å². The van der Waals surface area contributed by atoms with E-state index >= 15 is 0 Å². The monoisotopic (exact) mass is 279 g/mol. The number of aliphatic hydroxyl groups is 1. The van der Waals surface area contributed by atoms with E-state index in [1.807, 2.05) is 31.2 Å². The van der Waals surface area contributed by atoms with Gasteiger partial charge in [-0.05, 0) is 31.0 Å². The van der Waals surface area contributed by atoms with E-state index in [-0.39, 0.29) is 19.0 Å². The van der Waals surface area contributed by atoms with E-state index in [1.54, 1.807) is 0 Å². The Morgan fingerprint density at radius 2 is 1.86 bits per heavy atom. The maximum absolute atomic E-state index is 8.98. The molecule has 0 aliphatic carbocycles. The second-order valence-electron chi connectivity index (χ2n) is 3.62. The third kappa shape index (κ3) is 4.42. The lowest BCUT2D eigenvalue weighted by Gasteiger charge is -2.21. The summed E-state index contributed by atoms with van der Waals surface area (Å²) in [6, 6.07) is 7.96. The predicted molar refractivity (Wildman–Crippen MR) is 64.8 cm³/mol. The van der Waals surface area contributed by atoms with Crippen molar-refractivity contribution in [3.63, 3.8) is 0 Å². The Morgan fingerprint density at radius 1 is 1.36 bits per heavy atom. The van der Waals surface area contributed by atoms with Crippen molar-refractivity contribution >= 4 is 28.3 Å². The molecule has 0 amide bonds. The first-order chi connectivity index (χ1) is 6.03. The SMILES string of the molecule is CC(N)(CO)Cc1ccc(Br)cc1.Cl. The van der Waals surface area contributed by atoms with Crippen LogP contribution < -0.4 is 5.73 Å². The van der Waals surface area contributed by atoms with Gasteiger partial charge in [0.1, 0.15) is 0 Å². The van der Waals surface area contributed by atoms with Crippen molar-refractivity contribution in [2.45, 2.75) is 18.9 Å². The molecule has 1 atom stereocenters. The van der Waals surface area contributed by atoms with E-state index < -0.39 is 5.54 Å². The molecule has 0 radical (unpaired) electrons. The Kier molecular flexibility index (Phi) is 5.67. The molecule has 0 aliphatic rings. The smallest absolute Gasteiger partial charge is 0.0611 e. The summed E-state index contributed by atoms with van der Waals surface area (Å²) in [7, 11) is 0. The van der Waals surface area contributed by atoms with Crippen molar-refractivity contribution in [1.82, 2.24) is 0 Å². The van der Waals surface area contributed by atoms with Gasteiger partial charge in [0.25, 0.3) is 0 Å². The molecule has 1 unspecified atom stereocenters. The summed E-state index contributed by atoms with van der Waals surface area (Å²) in [5.41, 5.74) is 6.45. The van der Waals surface area contributed by atoms with Gasteiger partial charge in [0.2, 0.25) is 0 Å². The highest BCUT2D eigenvalue weighted by Crippen LogP contribution is 2.14. The summed E-state index contributed by atoms with van der Waals surface area (Å²) in [4.78, 5) is 0. The molecule has 0 spiro atoms. The standard InChI is InChI=1S/C10H14BrNO.ClH/c1-10(12,7-13)6-8-2-4-9(11)5-3-8;/h2-5,13H,6-7,12H2,1H3;1H. The summed E-state index contributed by atoms with van der Waals surface area (Å²) < 4.78 is 1.05. The molecular formula is C10H15BrClNO. The molecule has 1 aromatic carbocycles. The molecule has 3 N–H and O–H groups in total. The summed E-state index contributed by atoms with van der Waals surface area (Å²) >= 11 is 3.36. The number of nitrogens with two attached hydrogens (primary N) is 1. The first kappa shape index (κ1) is 13.9. The van der Waals surface area contributed by atoms with Crippen LogP contribution in [-0.4, -0.2) is 17.3 Å². The highest BCUT2D eigenvalue weighted by Gasteiger charge is 2.17. The minimum absolute atomic E-state index is 0. The zero-order valence-electron chi connectivity index (χ0n) is 8.03. The zero-order valence-corrected chi connectivity index (χ0v) is 10.4. The number of halogens is 2. The summed E-state index contributed by atoms with van der Waals surface area (Å²) in [6.07, 6.45) is 0.691. The largest absolute Gasteiger partial charge is 0.394 e. The van der Waals surface area contributed by atoms with Crippen LogP contribution in [-0.2, 0) is 6.42 Å². The van der Waals surface area contributed by atoms with Crippen molar-refractivity contribution in [3.8, 4) is 0 Å². The van der Waals surface area contributed by atoms with Crippen molar-refractivity contribution in [2.24, 2.45) is 5.73 Å². The molecule has 0 saturated carbocycles. The molecule has 0 fully saturated rings. The molecule has 0 aliphatic heterocycles. The third-order valence-corrected chi connectivity index (χ3v) is 2.41. The topological polar surface area (TPSA) is 46.2 Å². The first-order valence-electron chi connectivity index (χ1n) is 4.18. The molecule has 1 rings (SSSR count). The van der Waals surface area contributed by atoms with Crippen LogP contribution in [0.25, 0.3) is 0 Å². The Balaban J connectivity index is 0.00000169. The van der Waals surface area contributed by atoms with Crippen LogP contribution in [0.5, 0.6) is 0 Å². The van der Waals surface area contributed by atoms with Crippen LogP contribution >= 0.6 is 28.3 Å². The van der Waals surface area contributed by atoms with E-state index in [9.17, 15) is 0 Å². The summed E-state index contributed by atoms with van der Waals surface area (Å²) in [6.45, 7) is 1.85. The molecule has 1 aromatic rings. The fourth-order valence-corrected chi connectivity index (χ4v) is 1.39. The van der Waals surface area contributed by atoms with Crippen LogP contribution in [0, 0.1) is 0 Å². The highest BCUT2D eigenvalue weighted by molar-refractivity contribution is 9.10. The predicted octanol–water partition coefficient (Wildman–Crippen LogP) is 2.12. The number of hydrogen-bond donors (Lipinski definition) is 2. The molecule has 2 nitrogen and oxygen atoms in total. The van der Waals surface area contributed by atoms with Crippen LogP contribution in [0.3, 0.4) is 0 Å². The van der Waals surface area contributed by atoms with E-state index in [1.165, 1.54) is 0 Å². The maximum atomic E-state index is 8.98. The average molecular weight is 281 g/mol. The first-order valence-corrected chi connectivity index (χ1v) is 4.97. The van der Waals surface area contributed by atoms with Crippen molar-refractivity contribution in [1.29, 1.82) is 0 Å². The van der Waals surface area contributed by atoms with Gasteiger partial charge in [-0.25, -0.2) is 0 Å². The summed E-state index contributed by atoms with van der Waals surface area (Å²) in [5, 5.41) is 8.98. The molecule has 80 valence electrons. The van der Waals surface area contributed by atoms with Gasteiger partial charge in [0, 0.05) is 10.0 Å². The Hall–Kier alpha value is -0.0900. The van der Waals surface area contributed by atoms with Crippen LogP contribution in [0.4, 0.5) is 0 Å². The molecule has 4 heteroatoms. The molecule has 0 saturated heterocycles. The lowest BCUT2D eigenvalue weighted by Crippen LogP contribution is -2.42. The van der Waals surface area contributed by atoms with Crippen molar-refractivity contribution in [3.05, 3.63) is 34.3 Å². The second kappa shape index (κ2) is 5.71. The van der Waals surface area contributed by atoms with Gasteiger partial charge in [-0.2, -0.15) is 0 Å². The summed E-state index contributed by atoms with van der Waals surface area (Å²) in [5.74, 6) is 0. The minimum Gasteiger partial charge on any atom is -0.394 e. The molecular weight excluding hydrogens is 265 g/mol. The number of benzene rings is 1. The van der Waals surface area contributed by atoms with E-state index in [0.717, 1.165) is 10.0 Å². The average Bonchev–Trinajstić information content (AvgIpc) is 2.09. The van der Waals surface area contributed by atoms with Gasteiger partial charge < -0.3 is 10.8 Å². The molecule has 0 aromatic heterocycles. The third-order valence-electron chi connectivity index (χ3n) is 1.88. The van der Waals surface area contributed by atoms with Gasteiger partial charge in [-0.15, -0.1) is 12.4 Å². The highest BCUT2D eigenvalue weighted by atomic mass is 79.9. The normalized spacial score (nSPS) is 14.3. The number of hydrogen-bond acceptors (Lipinski definition) is 2. The maximum Gasteiger partial charge on any atom is 0.0611 e. The molecule has 0 bridgehead atoms. The van der Waals surface area contributed by atoms with Crippen molar-refractivity contribution < 1.29 is 5.11 Å². The fourth-order valence-electron chi connectivity index (χ4n) is 1.12. The van der Waals surface area contributed by atoms with E-state index in [0.29, 0.717) is 6.42 Å². The van der Waals surface area contributed by atoms with Gasteiger partial charge in [0.15, 0.2) is 0 Å². The lowest BCUT2D eigenvalue weighted by molar-refractivity contribution is 0.208. The van der Waals surface area contributed by atoms with Gasteiger partial charge in [-0.1, -0.05) is 28.1 Å². The zero-order chi connectivity index (χ0) is 9.90. The minimum atomic E-state index is -0.520. The van der Waals surface area contributed by atoms with Gasteiger partial charge in [-0.3, -0.25) is 0 Å². The molecule has 0 heterocycles. The Morgan fingerprint density at radius 3 is 2.29 bits per heavy atom. The quantitative estimate of drug-likeness (QED) is 0.891. The van der Waals surface area contributed by atoms with Gasteiger partial charge >= 0.3 is 0 Å². The van der Waals surface area contributed by atoms with Crippen molar-refractivity contribution in [2.75, 3.05) is 6.61 Å². The fraction of sp³-hybridized carbons (Fsp3) is 0.400. The Bertz CT molecular complexity index is 274. The van der Waals surface area contributed by atoms with Crippen LogP contribution in [0.2, 0.25) is 0 Å². The lowest BCUT2D eigenvalue weighted by atomic mass is 9.95. The molecule has 14 heavy (non-hydrogen) atoms. The van der Waals surface area contributed by atoms with Crippen LogP contribution in [0.15, 0.2) is 28.7 Å². The second-order valence-corrected chi connectivity index (χ2v) is 4.53. The van der Waals surface area contributed by atoms with Crippen LogP contribution in [0.1, 0.15) is 12.5 Å².